The molecule has 8 nitrogen and oxygen atoms in total. The van der Waals surface area contributed by atoms with Crippen molar-refractivity contribution in [2.75, 3.05) is 19.8 Å². The molecular weight excluding hydrogens is 520 g/mol. The molecule has 1 aliphatic carbocycles. The van der Waals surface area contributed by atoms with E-state index in [1.165, 1.54) is 0 Å². The van der Waals surface area contributed by atoms with E-state index in [9.17, 15) is 19.5 Å². The van der Waals surface area contributed by atoms with Crippen molar-refractivity contribution in [3.05, 3.63) is 61.2 Å². The van der Waals surface area contributed by atoms with Crippen LogP contribution in [0.15, 0.2) is 55.6 Å². The number of aliphatic hydroxyl groups excluding tert-OH is 1. The number of aliphatic hydroxyl groups is 1. The van der Waals surface area contributed by atoms with Crippen LogP contribution in [0.5, 0.6) is 0 Å². The van der Waals surface area contributed by atoms with Gasteiger partial charge in [-0.25, -0.2) is 0 Å². The number of nitrogens with zero attached hydrogens (tertiary/aromatic N) is 2. The average Bonchev–Trinajstić information content (AvgIpc) is 3.61. The Kier molecular flexibility index (Phi) is 8.71. The summed E-state index contributed by atoms with van der Waals surface area (Å²) in [6.45, 7) is 9.78. The molecule has 2 unspecified atom stereocenters. The molecule has 1 spiro atoms. The van der Waals surface area contributed by atoms with Crippen LogP contribution in [0, 0.1) is 11.8 Å². The van der Waals surface area contributed by atoms with Crippen molar-refractivity contribution in [3.63, 3.8) is 0 Å². The lowest BCUT2D eigenvalue weighted by Crippen LogP contribution is -2.59. The number of fused-ring (bicyclic) bond motifs is 1. The van der Waals surface area contributed by atoms with Gasteiger partial charge in [0.05, 0.1) is 30.8 Å². The molecule has 2 amide bonds. The second kappa shape index (κ2) is 12.1. The van der Waals surface area contributed by atoms with Gasteiger partial charge in [-0.3, -0.25) is 14.4 Å². The molecule has 2 bridgehead atoms. The number of carbonyl (C=O) groups excluding carboxylic acids is 3. The van der Waals surface area contributed by atoms with Crippen LogP contribution in [0.4, 0.5) is 0 Å². The van der Waals surface area contributed by atoms with E-state index in [1.54, 1.807) is 17.1 Å². The van der Waals surface area contributed by atoms with Gasteiger partial charge >= 0.3 is 5.97 Å². The lowest BCUT2D eigenvalue weighted by atomic mass is 9.65. The summed E-state index contributed by atoms with van der Waals surface area (Å²) >= 11 is 0. The standard InChI is InChI=1S/C33H44N2O6/c1-4-7-21-40-31(39)27-26-29(37)35(25(22-36)23-14-10-8-11-15-23)28(33(26)19-18-32(27,6-3)41-33)30(38)34(20-5-2)24-16-12-9-13-17-24/h4-5,8,10-11,14-15,24-28,36H,1-2,6-7,9,12-13,16-22H2,3H3/t25-,26+,27+,28?,32-,33?/m1/s1. The molecular formula is C33H44N2O6. The number of esters is 1. The summed E-state index contributed by atoms with van der Waals surface area (Å²) in [4.78, 5) is 46.6. The molecule has 6 atom stereocenters. The lowest BCUT2D eigenvalue weighted by Gasteiger charge is -2.42. The first kappa shape index (κ1) is 29.5. The third kappa shape index (κ3) is 4.83. The molecule has 8 heteroatoms. The van der Waals surface area contributed by atoms with Crippen LogP contribution in [-0.4, -0.2) is 75.7 Å². The third-order valence-electron chi connectivity index (χ3n) is 9.99. The Hall–Kier alpha value is -2.97. The van der Waals surface area contributed by atoms with Crippen LogP contribution < -0.4 is 0 Å². The highest BCUT2D eigenvalue weighted by Gasteiger charge is 2.79. The molecule has 4 fully saturated rings. The molecule has 222 valence electrons. The number of hydrogen-bond donors (Lipinski definition) is 1. The molecule has 3 aliphatic heterocycles. The van der Waals surface area contributed by atoms with E-state index >= 15 is 0 Å². The zero-order chi connectivity index (χ0) is 29.2. The molecule has 1 aromatic rings. The Labute approximate surface area is 243 Å². The number of rotatable bonds is 12. The van der Waals surface area contributed by atoms with Crippen LogP contribution in [0.1, 0.15) is 76.3 Å². The second-order valence-corrected chi connectivity index (χ2v) is 12.0. The van der Waals surface area contributed by atoms with Crippen molar-refractivity contribution < 1.29 is 29.0 Å². The predicted molar refractivity (Wildman–Crippen MR) is 155 cm³/mol. The maximum absolute atomic E-state index is 14.8. The molecule has 0 aromatic heterocycles. The van der Waals surface area contributed by atoms with Gasteiger partial charge in [0.2, 0.25) is 11.8 Å². The van der Waals surface area contributed by atoms with Gasteiger partial charge in [-0.15, -0.1) is 13.2 Å². The first-order valence-electron chi connectivity index (χ1n) is 15.3. The van der Waals surface area contributed by atoms with Gasteiger partial charge in [0.15, 0.2) is 0 Å². The first-order valence-corrected chi connectivity index (χ1v) is 15.3. The van der Waals surface area contributed by atoms with Gasteiger partial charge in [-0.2, -0.15) is 0 Å². The summed E-state index contributed by atoms with van der Waals surface area (Å²) in [7, 11) is 0. The van der Waals surface area contributed by atoms with E-state index in [4.69, 9.17) is 9.47 Å². The summed E-state index contributed by atoms with van der Waals surface area (Å²) in [6, 6.07) is 7.62. The molecule has 0 radical (unpaired) electrons. The predicted octanol–water partition coefficient (Wildman–Crippen LogP) is 4.34. The fourth-order valence-electron chi connectivity index (χ4n) is 8.10. The van der Waals surface area contributed by atoms with E-state index in [-0.39, 0.29) is 31.1 Å². The third-order valence-corrected chi connectivity index (χ3v) is 9.99. The molecule has 3 saturated heterocycles. The zero-order valence-corrected chi connectivity index (χ0v) is 24.2. The average molecular weight is 565 g/mol. The van der Waals surface area contributed by atoms with Gasteiger partial charge in [-0.1, -0.05) is 68.7 Å². The Morgan fingerprint density at radius 3 is 2.54 bits per heavy atom. The Bertz CT molecular complexity index is 1150. The quantitative estimate of drug-likeness (QED) is 0.231. The monoisotopic (exact) mass is 564 g/mol. The van der Waals surface area contributed by atoms with Gasteiger partial charge in [0, 0.05) is 12.6 Å². The normalized spacial score (nSPS) is 31.5. The zero-order valence-electron chi connectivity index (χ0n) is 24.2. The van der Waals surface area contributed by atoms with Gasteiger partial charge in [0.25, 0.3) is 0 Å². The highest BCUT2D eigenvalue weighted by molar-refractivity contribution is 5.99. The first-order chi connectivity index (χ1) is 19.9. The molecule has 1 aromatic carbocycles. The van der Waals surface area contributed by atoms with E-state index in [0.29, 0.717) is 32.2 Å². The molecule has 3 heterocycles. The summed E-state index contributed by atoms with van der Waals surface area (Å²) in [5, 5.41) is 10.7. The van der Waals surface area contributed by atoms with E-state index < -0.39 is 41.1 Å². The lowest BCUT2D eigenvalue weighted by molar-refractivity contribution is -0.164. The maximum atomic E-state index is 14.8. The number of benzene rings is 1. The van der Waals surface area contributed by atoms with Crippen molar-refractivity contribution in [2.24, 2.45) is 11.8 Å². The topological polar surface area (TPSA) is 96.4 Å². The molecule has 1 N–H and O–H groups in total. The maximum Gasteiger partial charge on any atom is 0.312 e. The van der Waals surface area contributed by atoms with Gasteiger partial charge in [0.1, 0.15) is 17.6 Å². The Morgan fingerprint density at radius 1 is 1.17 bits per heavy atom. The summed E-state index contributed by atoms with van der Waals surface area (Å²) < 4.78 is 12.6. The summed E-state index contributed by atoms with van der Waals surface area (Å²) in [5.74, 6) is -2.66. The van der Waals surface area contributed by atoms with Crippen molar-refractivity contribution in [2.45, 2.75) is 94.0 Å². The van der Waals surface area contributed by atoms with Crippen molar-refractivity contribution >= 4 is 17.8 Å². The van der Waals surface area contributed by atoms with Gasteiger partial charge < -0.3 is 24.4 Å². The van der Waals surface area contributed by atoms with Crippen LogP contribution in [0.25, 0.3) is 0 Å². The number of hydrogen-bond acceptors (Lipinski definition) is 6. The summed E-state index contributed by atoms with van der Waals surface area (Å²) in [5.41, 5.74) is -1.32. The highest BCUT2D eigenvalue weighted by atomic mass is 16.6. The number of carbonyl (C=O) groups is 3. The molecule has 1 saturated carbocycles. The molecule has 4 aliphatic rings. The summed E-state index contributed by atoms with van der Waals surface area (Å²) in [6.07, 6.45) is 10.5. The number of ether oxygens (including phenoxy) is 2. The SMILES string of the molecule is C=CCCOC(=O)[C@@H]1[C@H]2C(=O)N([C@H](CO)c3ccccc3)C(C(=O)N(CC=C)C3CCCCC3)C23CC[C@@]1(CC)O3. The minimum absolute atomic E-state index is 0.0457. The van der Waals surface area contributed by atoms with E-state index in [0.717, 1.165) is 37.7 Å². The fraction of sp³-hybridized carbons (Fsp3) is 0.606. The van der Waals surface area contributed by atoms with Crippen LogP contribution in [0.2, 0.25) is 0 Å². The smallest absolute Gasteiger partial charge is 0.312 e. The fourth-order valence-corrected chi connectivity index (χ4v) is 8.10. The van der Waals surface area contributed by atoms with Crippen LogP contribution in [0.3, 0.4) is 0 Å². The van der Waals surface area contributed by atoms with Crippen molar-refractivity contribution in [3.8, 4) is 0 Å². The van der Waals surface area contributed by atoms with Crippen LogP contribution >= 0.6 is 0 Å². The second-order valence-electron chi connectivity index (χ2n) is 12.0. The van der Waals surface area contributed by atoms with Gasteiger partial charge in [-0.05, 0) is 44.1 Å². The Morgan fingerprint density at radius 2 is 1.90 bits per heavy atom. The molecule has 41 heavy (non-hydrogen) atoms. The van der Waals surface area contributed by atoms with Crippen molar-refractivity contribution in [1.29, 1.82) is 0 Å². The minimum Gasteiger partial charge on any atom is -0.465 e. The molecule has 5 rings (SSSR count). The van der Waals surface area contributed by atoms with Crippen LogP contribution in [-0.2, 0) is 23.9 Å². The number of likely N-dealkylation sites (tertiary alicyclic amines) is 1. The van der Waals surface area contributed by atoms with E-state index in [2.05, 4.69) is 13.2 Å². The minimum atomic E-state index is -1.18. The van der Waals surface area contributed by atoms with Crippen molar-refractivity contribution in [1.82, 2.24) is 9.80 Å². The highest BCUT2D eigenvalue weighted by Crippen LogP contribution is 2.65. The van der Waals surface area contributed by atoms with E-state index in [1.807, 2.05) is 42.2 Å². The number of amides is 2. The largest absolute Gasteiger partial charge is 0.465 e. The Balaban J connectivity index is 1.61.